The van der Waals surface area contributed by atoms with Gasteiger partial charge in [0.05, 0.1) is 0 Å². The van der Waals surface area contributed by atoms with Crippen LogP contribution in [0.4, 0.5) is 0 Å². The standard InChI is InChI=1S/C9H21NS/c1-3-7-11-8-5-4-6-9(2)10/h9H,3-8,10H2,1-2H3. The lowest BCUT2D eigenvalue weighted by molar-refractivity contribution is 0.618. The molecule has 2 N–H and O–H groups in total. The molecule has 0 bridgehead atoms. The average Bonchev–Trinajstić information content (AvgIpc) is 1.96. The highest BCUT2D eigenvalue weighted by atomic mass is 32.2. The topological polar surface area (TPSA) is 26.0 Å². The van der Waals surface area contributed by atoms with Crippen LogP contribution in [0.1, 0.15) is 39.5 Å². The molecule has 0 saturated carbocycles. The number of nitrogens with two attached hydrogens (primary N) is 1. The Morgan fingerprint density at radius 2 is 2.00 bits per heavy atom. The van der Waals surface area contributed by atoms with Gasteiger partial charge >= 0.3 is 0 Å². The molecular weight excluding hydrogens is 154 g/mol. The van der Waals surface area contributed by atoms with Crippen LogP contribution in [0.5, 0.6) is 0 Å². The molecule has 0 aliphatic rings. The fraction of sp³-hybridized carbons (Fsp3) is 1.00. The van der Waals surface area contributed by atoms with E-state index in [0.717, 1.165) is 0 Å². The molecule has 0 saturated heterocycles. The summed E-state index contributed by atoms with van der Waals surface area (Å²) in [4.78, 5) is 0. The molecule has 2 heteroatoms. The molecule has 0 aliphatic heterocycles. The zero-order chi connectivity index (χ0) is 8.53. The van der Waals surface area contributed by atoms with Crippen molar-refractivity contribution in [3.05, 3.63) is 0 Å². The number of hydrogen-bond donors (Lipinski definition) is 1. The zero-order valence-electron chi connectivity index (χ0n) is 7.81. The maximum atomic E-state index is 5.63. The van der Waals surface area contributed by atoms with Crippen LogP contribution < -0.4 is 5.73 Å². The highest BCUT2D eigenvalue weighted by Crippen LogP contribution is 2.07. The van der Waals surface area contributed by atoms with E-state index in [4.69, 9.17) is 5.73 Å². The maximum Gasteiger partial charge on any atom is 0.00104 e. The highest BCUT2D eigenvalue weighted by molar-refractivity contribution is 7.99. The molecule has 1 unspecified atom stereocenters. The van der Waals surface area contributed by atoms with Crippen LogP contribution >= 0.6 is 11.8 Å². The summed E-state index contributed by atoms with van der Waals surface area (Å²) in [6.07, 6.45) is 5.13. The minimum atomic E-state index is 0.395. The lowest BCUT2D eigenvalue weighted by Gasteiger charge is -2.03. The summed E-state index contributed by atoms with van der Waals surface area (Å²) >= 11 is 2.06. The number of thioether (sulfide) groups is 1. The molecule has 0 rings (SSSR count). The maximum absolute atomic E-state index is 5.63. The fourth-order valence-electron chi connectivity index (χ4n) is 0.917. The van der Waals surface area contributed by atoms with E-state index in [0.29, 0.717) is 6.04 Å². The molecule has 0 spiro atoms. The molecular formula is C9H21NS. The van der Waals surface area contributed by atoms with Crippen molar-refractivity contribution in [2.24, 2.45) is 5.73 Å². The zero-order valence-corrected chi connectivity index (χ0v) is 8.62. The van der Waals surface area contributed by atoms with Crippen molar-refractivity contribution in [3.63, 3.8) is 0 Å². The van der Waals surface area contributed by atoms with Crippen molar-refractivity contribution in [2.75, 3.05) is 11.5 Å². The first kappa shape index (κ1) is 11.3. The van der Waals surface area contributed by atoms with Crippen molar-refractivity contribution in [1.29, 1.82) is 0 Å². The van der Waals surface area contributed by atoms with Gasteiger partial charge < -0.3 is 5.73 Å². The first-order chi connectivity index (χ1) is 5.27. The van der Waals surface area contributed by atoms with Crippen molar-refractivity contribution in [2.45, 2.75) is 45.6 Å². The van der Waals surface area contributed by atoms with E-state index >= 15 is 0 Å². The summed E-state index contributed by atoms with van der Waals surface area (Å²) in [6.45, 7) is 4.31. The van der Waals surface area contributed by atoms with E-state index in [9.17, 15) is 0 Å². The monoisotopic (exact) mass is 175 g/mol. The predicted molar refractivity (Wildman–Crippen MR) is 55.1 cm³/mol. The molecule has 0 aromatic heterocycles. The van der Waals surface area contributed by atoms with Crippen molar-refractivity contribution >= 4 is 11.8 Å². The summed E-state index contributed by atoms with van der Waals surface area (Å²) < 4.78 is 0. The van der Waals surface area contributed by atoms with E-state index in [1.165, 1.54) is 37.2 Å². The first-order valence-electron chi connectivity index (χ1n) is 4.60. The SMILES string of the molecule is CCCSCCCCC(C)N. The lowest BCUT2D eigenvalue weighted by atomic mass is 10.2. The van der Waals surface area contributed by atoms with Crippen LogP contribution in [0.15, 0.2) is 0 Å². The molecule has 1 atom stereocenters. The molecule has 0 aliphatic carbocycles. The third kappa shape index (κ3) is 10.3. The van der Waals surface area contributed by atoms with E-state index in [1.807, 2.05) is 0 Å². The van der Waals surface area contributed by atoms with Gasteiger partial charge in [-0.3, -0.25) is 0 Å². The molecule has 0 fully saturated rings. The minimum absolute atomic E-state index is 0.395. The summed E-state index contributed by atoms with van der Waals surface area (Å²) in [6, 6.07) is 0.395. The quantitative estimate of drug-likeness (QED) is 0.602. The first-order valence-corrected chi connectivity index (χ1v) is 5.76. The summed E-state index contributed by atoms with van der Waals surface area (Å²) in [7, 11) is 0. The Kier molecular flexibility index (Phi) is 8.64. The summed E-state index contributed by atoms with van der Waals surface area (Å²) in [5, 5.41) is 0. The Bertz CT molecular complexity index is 74.0. The second kappa shape index (κ2) is 8.41. The van der Waals surface area contributed by atoms with Crippen LogP contribution in [0.2, 0.25) is 0 Å². The number of rotatable bonds is 7. The van der Waals surface area contributed by atoms with Crippen LogP contribution in [-0.4, -0.2) is 17.5 Å². The van der Waals surface area contributed by atoms with Crippen LogP contribution in [0.25, 0.3) is 0 Å². The molecule has 0 aromatic carbocycles. The smallest absolute Gasteiger partial charge is 0.00104 e. The molecule has 0 amide bonds. The van der Waals surface area contributed by atoms with Gasteiger partial charge in [0.15, 0.2) is 0 Å². The van der Waals surface area contributed by atoms with Gasteiger partial charge in [0.2, 0.25) is 0 Å². The second-order valence-electron chi connectivity index (χ2n) is 3.09. The number of unbranched alkanes of at least 4 members (excludes halogenated alkanes) is 1. The molecule has 0 heterocycles. The van der Waals surface area contributed by atoms with Crippen molar-refractivity contribution < 1.29 is 0 Å². The third-order valence-electron chi connectivity index (χ3n) is 1.55. The second-order valence-corrected chi connectivity index (χ2v) is 4.31. The van der Waals surface area contributed by atoms with Crippen molar-refractivity contribution in [3.8, 4) is 0 Å². The third-order valence-corrected chi connectivity index (χ3v) is 2.82. The molecule has 0 radical (unpaired) electrons. The summed E-state index contributed by atoms with van der Waals surface area (Å²) in [5.74, 6) is 2.64. The van der Waals surface area contributed by atoms with Crippen LogP contribution in [0.3, 0.4) is 0 Å². The predicted octanol–water partition coefficient (Wildman–Crippen LogP) is 2.65. The average molecular weight is 175 g/mol. The van der Waals surface area contributed by atoms with Gasteiger partial charge in [-0.2, -0.15) is 11.8 Å². The Morgan fingerprint density at radius 1 is 1.27 bits per heavy atom. The largest absolute Gasteiger partial charge is 0.328 e. The van der Waals surface area contributed by atoms with Crippen molar-refractivity contribution in [1.82, 2.24) is 0 Å². The molecule has 0 aromatic rings. The van der Waals surface area contributed by atoms with Crippen LogP contribution in [-0.2, 0) is 0 Å². The molecule has 68 valence electrons. The lowest BCUT2D eigenvalue weighted by Crippen LogP contribution is -2.14. The fourth-order valence-corrected chi connectivity index (χ4v) is 1.82. The van der Waals surface area contributed by atoms with E-state index < -0.39 is 0 Å². The summed E-state index contributed by atoms with van der Waals surface area (Å²) in [5.41, 5.74) is 5.63. The highest BCUT2D eigenvalue weighted by Gasteiger charge is 1.93. The van der Waals surface area contributed by atoms with E-state index in [2.05, 4.69) is 25.6 Å². The van der Waals surface area contributed by atoms with Gasteiger partial charge in [-0.25, -0.2) is 0 Å². The van der Waals surface area contributed by atoms with E-state index in [1.54, 1.807) is 0 Å². The van der Waals surface area contributed by atoms with Gasteiger partial charge in [0, 0.05) is 6.04 Å². The minimum Gasteiger partial charge on any atom is -0.328 e. The van der Waals surface area contributed by atoms with E-state index in [-0.39, 0.29) is 0 Å². The Morgan fingerprint density at radius 3 is 2.55 bits per heavy atom. The van der Waals surface area contributed by atoms with Gasteiger partial charge in [-0.05, 0) is 37.7 Å². The van der Waals surface area contributed by atoms with Gasteiger partial charge in [-0.1, -0.05) is 13.3 Å². The Labute approximate surface area is 75.1 Å². The molecule has 1 nitrogen and oxygen atoms in total. The van der Waals surface area contributed by atoms with Crippen LogP contribution in [0, 0.1) is 0 Å². The van der Waals surface area contributed by atoms with Gasteiger partial charge in [0.25, 0.3) is 0 Å². The normalized spacial score (nSPS) is 13.4. The number of hydrogen-bond acceptors (Lipinski definition) is 2. The van der Waals surface area contributed by atoms with Gasteiger partial charge in [0.1, 0.15) is 0 Å². The molecule has 11 heavy (non-hydrogen) atoms. The van der Waals surface area contributed by atoms with Gasteiger partial charge in [-0.15, -0.1) is 0 Å². The Balaban J connectivity index is 2.80. The Hall–Kier alpha value is 0.310.